The van der Waals surface area contributed by atoms with Gasteiger partial charge in [0, 0.05) is 18.6 Å². The highest BCUT2D eigenvalue weighted by Crippen LogP contribution is 2.28. The van der Waals surface area contributed by atoms with Gasteiger partial charge in [-0.05, 0) is 51.0 Å². The summed E-state index contributed by atoms with van der Waals surface area (Å²) in [6.07, 6.45) is 6.72. The molecule has 2 nitrogen and oxygen atoms in total. The number of nitrogens with two attached hydrogens (primary N) is 1. The van der Waals surface area contributed by atoms with Crippen molar-refractivity contribution < 1.29 is 0 Å². The Hall–Kier alpha value is -0.0800. The van der Waals surface area contributed by atoms with Crippen LogP contribution in [0.2, 0.25) is 0 Å². The Morgan fingerprint density at radius 2 is 2.00 bits per heavy atom. The third kappa shape index (κ3) is 2.73. The molecule has 0 bridgehead atoms. The first-order chi connectivity index (χ1) is 7.16. The molecule has 2 fully saturated rings. The number of rotatable bonds is 2. The van der Waals surface area contributed by atoms with Gasteiger partial charge < -0.3 is 10.6 Å². The first-order valence-electron chi connectivity index (χ1n) is 6.66. The quantitative estimate of drug-likeness (QED) is 0.757. The molecule has 1 saturated carbocycles. The number of piperidine rings is 1. The molecular formula is C13H26N2. The molecular weight excluding hydrogens is 184 g/mol. The van der Waals surface area contributed by atoms with Gasteiger partial charge in [-0.25, -0.2) is 0 Å². The van der Waals surface area contributed by atoms with Crippen LogP contribution in [0.1, 0.15) is 46.0 Å². The van der Waals surface area contributed by atoms with Crippen molar-refractivity contribution in [3.8, 4) is 0 Å². The molecule has 15 heavy (non-hydrogen) atoms. The molecule has 0 aromatic rings. The number of likely N-dealkylation sites (tertiary alicyclic amines) is 1. The first kappa shape index (κ1) is 11.4. The summed E-state index contributed by atoms with van der Waals surface area (Å²) in [6.45, 7) is 7.33. The van der Waals surface area contributed by atoms with Crippen LogP contribution in [-0.2, 0) is 0 Å². The number of nitrogens with zero attached hydrogens (tertiary/aromatic N) is 1. The fourth-order valence-electron chi connectivity index (χ4n) is 3.32. The summed E-state index contributed by atoms with van der Waals surface area (Å²) >= 11 is 0. The summed E-state index contributed by atoms with van der Waals surface area (Å²) in [7, 11) is 0. The van der Waals surface area contributed by atoms with Gasteiger partial charge >= 0.3 is 0 Å². The van der Waals surface area contributed by atoms with Gasteiger partial charge in [0.05, 0.1) is 0 Å². The molecule has 1 heterocycles. The van der Waals surface area contributed by atoms with Gasteiger partial charge in [0.2, 0.25) is 0 Å². The molecule has 0 aromatic heterocycles. The van der Waals surface area contributed by atoms with E-state index in [9.17, 15) is 0 Å². The normalized spacial score (nSPS) is 43.4. The maximum Gasteiger partial charge on any atom is 0.00793 e. The van der Waals surface area contributed by atoms with Gasteiger partial charge in [-0.3, -0.25) is 0 Å². The monoisotopic (exact) mass is 210 g/mol. The molecule has 88 valence electrons. The molecule has 2 rings (SSSR count). The predicted molar refractivity (Wildman–Crippen MR) is 64.7 cm³/mol. The molecule has 0 amide bonds. The van der Waals surface area contributed by atoms with E-state index in [-0.39, 0.29) is 0 Å². The van der Waals surface area contributed by atoms with Crippen LogP contribution < -0.4 is 5.73 Å². The minimum atomic E-state index is 0.483. The maximum atomic E-state index is 6.14. The fraction of sp³-hybridized carbons (Fsp3) is 1.00. The second-order valence-electron chi connectivity index (χ2n) is 5.83. The van der Waals surface area contributed by atoms with Gasteiger partial charge in [-0.1, -0.05) is 13.3 Å². The first-order valence-corrected chi connectivity index (χ1v) is 6.66. The average molecular weight is 210 g/mol. The lowest BCUT2D eigenvalue weighted by atomic mass is 9.92. The molecule has 0 aromatic carbocycles. The van der Waals surface area contributed by atoms with E-state index in [1.54, 1.807) is 0 Å². The van der Waals surface area contributed by atoms with Crippen LogP contribution in [0.3, 0.4) is 0 Å². The summed E-state index contributed by atoms with van der Waals surface area (Å²) in [5, 5.41) is 0. The van der Waals surface area contributed by atoms with E-state index in [2.05, 4.69) is 18.7 Å². The third-order valence-corrected chi connectivity index (χ3v) is 4.46. The van der Waals surface area contributed by atoms with Gasteiger partial charge in [0.15, 0.2) is 0 Å². The molecule has 2 aliphatic rings. The van der Waals surface area contributed by atoms with Crippen LogP contribution >= 0.6 is 0 Å². The van der Waals surface area contributed by atoms with Gasteiger partial charge in [-0.2, -0.15) is 0 Å². The zero-order chi connectivity index (χ0) is 10.8. The second-order valence-corrected chi connectivity index (χ2v) is 5.83. The molecule has 4 unspecified atom stereocenters. The van der Waals surface area contributed by atoms with Crippen LogP contribution in [0.15, 0.2) is 0 Å². The van der Waals surface area contributed by atoms with Crippen molar-refractivity contribution >= 4 is 0 Å². The smallest absolute Gasteiger partial charge is 0.00793 e. The van der Waals surface area contributed by atoms with Gasteiger partial charge in [0.1, 0.15) is 0 Å². The summed E-state index contributed by atoms with van der Waals surface area (Å²) in [5.74, 6) is 1.70. The van der Waals surface area contributed by atoms with E-state index < -0.39 is 0 Å². The van der Waals surface area contributed by atoms with Gasteiger partial charge in [-0.15, -0.1) is 0 Å². The minimum absolute atomic E-state index is 0.483. The summed E-state index contributed by atoms with van der Waals surface area (Å²) in [4.78, 5) is 2.68. The second kappa shape index (κ2) is 4.84. The average Bonchev–Trinajstić information content (AvgIpc) is 2.57. The molecule has 2 heteroatoms. The molecule has 2 N–H and O–H groups in total. The van der Waals surface area contributed by atoms with Crippen molar-refractivity contribution in [1.82, 2.24) is 4.90 Å². The molecule has 0 spiro atoms. The van der Waals surface area contributed by atoms with Crippen molar-refractivity contribution in [2.24, 2.45) is 17.6 Å². The lowest BCUT2D eigenvalue weighted by Crippen LogP contribution is -2.45. The topological polar surface area (TPSA) is 29.3 Å². The van der Waals surface area contributed by atoms with Crippen LogP contribution in [0.5, 0.6) is 0 Å². The van der Waals surface area contributed by atoms with Crippen LogP contribution in [-0.4, -0.2) is 30.1 Å². The van der Waals surface area contributed by atoms with Crippen molar-refractivity contribution in [1.29, 1.82) is 0 Å². The molecule has 4 atom stereocenters. The Bertz CT molecular complexity index is 205. The van der Waals surface area contributed by atoms with Crippen molar-refractivity contribution in [3.05, 3.63) is 0 Å². The Kier molecular flexibility index (Phi) is 3.68. The molecule has 1 aliphatic carbocycles. The fourth-order valence-corrected chi connectivity index (χ4v) is 3.32. The highest BCUT2D eigenvalue weighted by molar-refractivity contribution is 4.85. The van der Waals surface area contributed by atoms with E-state index >= 15 is 0 Å². The van der Waals surface area contributed by atoms with Crippen molar-refractivity contribution in [3.63, 3.8) is 0 Å². The lowest BCUT2D eigenvalue weighted by Gasteiger charge is -2.38. The SMILES string of the molecule is CC1CCN(CC2CCCC2N)C(C)C1. The summed E-state index contributed by atoms with van der Waals surface area (Å²) in [5.41, 5.74) is 6.14. The van der Waals surface area contributed by atoms with Gasteiger partial charge in [0.25, 0.3) is 0 Å². The van der Waals surface area contributed by atoms with Crippen molar-refractivity contribution in [2.75, 3.05) is 13.1 Å². The van der Waals surface area contributed by atoms with E-state index in [1.165, 1.54) is 45.2 Å². The van der Waals surface area contributed by atoms with Crippen LogP contribution in [0, 0.1) is 11.8 Å². The summed E-state index contributed by atoms with van der Waals surface area (Å²) < 4.78 is 0. The Balaban J connectivity index is 1.83. The number of hydrogen-bond acceptors (Lipinski definition) is 2. The summed E-state index contributed by atoms with van der Waals surface area (Å²) in [6, 6.07) is 1.26. The molecule has 1 aliphatic heterocycles. The highest BCUT2D eigenvalue weighted by Gasteiger charge is 2.29. The Labute approximate surface area is 94.2 Å². The van der Waals surface area contributed by atoms with Crippen LogP contribution in [0.4, 0.5) is 0 Å². The minimum Gasteiger partial charge on any atom is -0.327 e. The largest absolute Gasteiger partial charge is 0.327 e. The van der Waals surface area contributed by atoms with E-state index in [0.717, 1.165) is 17.9 Å². The van der Waals surface area contributed by atoms with E-state index in [4.69, 9.17) is 5.73 Å². The van der Waals surface area contributed by atoms with Crippen molar-refractivity contribution in [2.45, 2.75) is 58.0 Å². The lowest BCUT2D eigenvalue weighted by molar-refractivity contribution is 0.107. The van der Waals surface area contributed by atoms with Crippen LogP contribution in [0.25, 0.3) is 0 Å². The van der Waals surface area contributed by atoms with E-state index in [1.807, 2.05) is 0 Å². The number of hydrogen-bond donors (Lipinski definition) is 1. The standard InChI is InChI=1S/C13H26N2/c1-10-6-7-15(11(2)8-10)9-12-4-3-5-13(12)14/h10-13H,3-9,14H2,1-2H3. The Morgan fingerprint density at radius 3 is 2.60 bits per heavy atom. The highest BCUT2D eigenvalue weighted by atomic mass is 15.2. The zero-order valence-electron chi connectivity index (χ0n) is 10.3. The Morgan fingerprint density at radius 1 is 1.20 bits per heavy atom. The zero-order valence-corrected chi connectivity index (χ0v) is 10.3. The predicted octanol–water partition coefficient (Wildman–Crippen LogP) is 2.23. The third-order valence-electron chi connectivity index (χ3n) is 4.46. The molecule has 1 saturated heterocycles. The molecule has 0 radical (unpaired) electrons. The van der Waals surface area contributed by atoms with E-state index in [0.29, 0.717) is 6.04 Å². The maximum absolute atomic E-state index is 6.14.